The molecule has 0 saturated heterocycles. The van der Waals surface area contributed by atoms with E-state index in [1.807, 2.05) is 0 Å². The fraction of sp³-hybridized carbons (Fsp3) is 0.833. The van der Waals surface area contributed by atoms with Crippen LogP contribution in [0.5, 0.6) is 0 Å². The zero-order chi connectivity index (χ0) is 15.5. The first-order valence-corrected chi connectivity index (χ1v) is 6.19. The van der Waals surface area contributed by atoms with E-state index in [2.05, 4.69) is 0 Å². The van der Waals surface area contributed by atoms with E-state index in [4.69, 9.17) is 25.2 Å². The van der Waals surface area contributed by atoms with Crippen molar-refractivity contribution >= 4 is 11.9 Å². The van der Waals surface area contributed by atoms with Gasteiger partial charge in [-0.25, -0.2) is 0 Å². The number of carboxylic acid groups (broad SMARTS) is 2. The van der Waals surface area contributed by atoms with Gasteiger partial charge < -0.3 is 25.2 Å². The molecule has 4 N–H and O–H groups in total. The maximum absolute atomic E-state index is 9.37. The van der Waals surface area contributed by atoms with Gasteiger partial charge in [-0.3, -0.25) is 9.59 Å². The lowest BCUT2D eigenvalue weighted by Crippen LogP contribution is -2.00. The molecule has 7 heteroatoms. The van der Waals surface area contributed by atoms with Crippen molar-refractivity contribution in [3.63, 3.8) is 0 Å². The monoisotopic (exact) mass is 282 g/mol. The van der Waals surface area contributed by atoms with Gasteiger partial charge in [0.25, 0.3) is 0 Å². The Bertz CT molecular complexity index is 175. The van der Waals surface area contributed by atoms with Crippen molar-refractivity contribution in [2.75, 3.05) is 26.4 Å². The molecular weight excluding hydrogens is 256 g/mol. The first-order valence-electron chi connectivity index (χ1n) is 6.19. The van der Waals surface area contributed by atoms with Crippen molar-refractivity contribution in [1.82, 2.24) is 0 Å². The second-order valence-electron chi connectivity index (χ2n) is 3.26. The van der Waals surface area contributed by atoms with Crippen LogP contribution in [0.2, 0.25) is 0 Å². The molecule has 19 heavy (non-hydrogen) atoms. The van der Waals surface area contributed by atoms with Crippen LogP contribution in [0.25, 0.3) is 0 Å². The van der Waals surface area contributed by atoms with Gasteiger partial charge in [0.1, 0.15) is 0 Å². The lowest BCUT2D eigenvalue weighted by molar-refractivity contribution is -0.137. The molecule has 0 bridgehead atoms. The molecule has 0 fully saturated rings. The number of carbonyl (C=O) groups is 2. The van der Waals surface area contributed by atoms with Crippen LogP contribution in [0, 0.1) is 0 Å². The fourth-order valence-corrected chi connectivity index (χ4v) is 0.435. The molecule has 0 spiro atoms. The highest BCUT2D eigenvalue weighted by atomic mass is 16.5. The minimum absolute atomic E-state index is 0.180. The van der Waals surface area contributed by atoms with E-state index in [1.54, 1.807) is 13.8 Å². The number of hydrogen-bond acceptors (Lipinski definition) is 5. The average molecular weight is 282 g/mol. The Hall–Kier alpha value is -1.18. The highest BCUT2D eigenvalue weighted by molar-refractivity contribution is 5.66. The van der Waals surface area contributed by atoms with Crippen LogP contribution in [0.1, 0.15) is 39.5 Å². The third-order valence-electron chi connectivity index (χ3n) is 1.50. The predicted octanol–water partition coefficient (Wildman–Crippen LogP) is 0.730. The minimum atomic E-state index is -0.745. The van der Waals surface area contributed by atoms with Gasteiger partial charge in [0.2, 0.25) is 0 Å². The van der Waals surface area contributed by atoms with E-state index in [0.717, 1.165) is 0 Å². The van der Waals surface area contributed by atoms with Crippen LogP contribution in [-0.2, 0) is 14.3 Å². The number of aliphatic hydroxyl groups is 2. The number of aliphatic carboxylic acids is 2. The van der Waals surface area contributed by atoms with E-state index in [-0.39, 0.29) is 26.1 Å². The molecule has 0 aromatic rings. The maximum Gasteiger partial charge on any atom is 0.303 e. The summed E-state index contributed by atoms with van der Waals surface area (Å²) in [5.41, 5.74) is 0. The SMILES string of the molecule is CCC(=O)O.CCC(=O)O.OCCCOCCCO. The smallest absolute Gasteiger partial charge is 0.303 e. The minimum Gasteiger partial charge on any atom is -0.481 e. The molecule has 0 aromatic heterocycles. The number of aliphatic hydroxyl groups excluding tert-OH is 2. The number of rotatable bonds is 8. The van der Waals surface area contributed by atoms with Crippen molar-refractivity contribution in [1.29, 1.82) is 0 Å². The molecule has 0 amide bonds. The Morgan fingerprint density at radius 3 is 1.26 bits per heavy atom. The molecule has 0 unspecified atom stereocenters. The van der Waals surface area contributed by atoms with E-state index < -0.39 is 11.9 Å². The predicted molar refractivity (Wildman–Crippen MR) is 70.1 cm³/mol. The quantitative estimate of drug-likeness (QED) is 0.484. The second kappa shape index (κ2) is 22.0. The van der Waals surface area contributed by atoms with Gasteiger partial charge in [0.05, 0.1) is 0 Å². The molecule has 7 nitrogen and oxygen atoms in total. The first-order chi connectivity index (χ1) is 8.95. The average Bonchev–Trinajstić information content (AvgIpc) is 2.40. The third kappa shape index (κ3) is 47.5. The summed E-state index contributed by atoms with van der Waals surface area (Å²) in [7, 11) is 0. The lowest BCUT2D eigenvalue weighted by atomic mass is 10.5. The zero-order valence-corrected chi connectivity index (χ0v) is 11.7. The normalized spacial score (nSPS) is 8.63. The molecule has 0 aliphatic rings. The summed E-state index contributed by atoms with van der Waals surface area (Å²) in [4.78, 5) is 18.7. The van der Waals surface area contributed by atoms with Gasteiger partial charge in [-0.15, -0.1) is 0 Å². The van der Waals surface area contributed by atoms with Crippen molar-refractivity contribution in [2.24, 2.45) is 0 Å². The van der Waals surface area contributed by atoms with Crippen LogP contribution < -0.4 is 0 Å². The van der Waals surface area contributed by atoms with Crippen LogP contribution in [-0.4, -0.2) is 58.8 Å². The standard InChI is InChI=1S/C6H14O3.2C3H6O2/c7-3-1-5-9-6-2-4-8;2*1-2-3(4)5/h7-8H,1-6H2;2*2H2,1H3,(H,4,5). The Balaban J connectivity index is -0.000000219. The molecule has 0 aliphatic carbocycles. The van der Waals surface area contributed by atoms with Gasteiger partial charge in [-0.2, -0.15) is 0 Å². The Kier molecular flexibility index (Phi) is 26.6. The van der Waals surface area contributed by atoms with E-state index >= 15 is 0 Å². The van der Waals surface area contributed by atoms with Crippen LogP contribution >= 0.6 is 0 Å². The van der Waals surface area contributed by atoms with Crippen molar-refractivity contribution < 1.29 is 34.8 Å². The molecule has 0 radical (unpaired) electrons. The number of hydrogen-bond donors (Lipinski definition) is 4. The summed E-state index contributed by atoms with van der Waals surface area (Å²) in [6.45, 7) is 4.75. The van der Waals surface area contributed by atoms with Crippen LogP contribution in [0.3, 0.4) is 0 Å². The number of carboxylic acids is 2. The summed E-state index contributed by atoms with van der Waals surface area (Å²) in [5, 5.41) is 32.0. The summed E-state index contributed by atoms with van der Waals surface area (Å²) < 4.78 is 4.99. The summed E-state index contributed by atoms with van der Waals surface area (Å²) in [6.07, 6.45) is 1.82. The molecular formula is C12H26O7. The second-order valence-corrected chi connectivity index (χ2v) is 3.26. The van der Waals surface area contributed by atoms with Gasteiger partial charge in [-0.05, 0) is 12.8 Å². The topological polar surface area (TPSA) is 124 Å². The zero-order valence-electron chi connectivity index (χ0n) is 11.7. The van der Waals surface area contributed by atoms with Crippen molar-refractivity contribution in [3.8, 4) is 0 Å². The van der Waals surface area contributed by atoms with E-state index in [0.29, 0.717) is 26.1 Å². The largest absolute Gasteiger partial charge is 0.481 e. The summed E-state index contributed by atoms with van der Waals surface area (Å²) in [5.74, 6) is -1.49. The lowest BCUT2D eigenvalue weighted by Gasteiger charge is -1.99. The molecule has 0 saturated carbocycles. The van der Waals surface area contributed by atoms with Crippen LogP contribution in [0.15, 0.2) is 0 Å². The Morgan fingerprint density at radius 1 is 0.842 bits per heavy atom. The van der Waals surface area contributed by atoms with Crippen LogP contribution in [0.4, 0.5) is 0 Å². The highest BCUT2D eigenvalue weighted by Crippen LogP contribution is 1.83. The molecule has 0 rings (SSSR count). The summed E-state index contributed by atoms with van der Waals surface area (Å²) >= 11 is 0. The fourth-order valence-electron chi connectivity index (χ4n) is 0.435. The van der Waals surface area contributed by atoms with Gasteiger partial charge >= 0.3 is 11.9 Å². The molecule has 0 aliphatic heterocycles. The van der Waals surface area contributed by atoms with Crippen molar-refractivity contribution in [3.05, 3.63) is 0 Å². The van der Waals surface area contributed by atoms with Crippen molar-refractivity contribution in [2.45, 2.75) is 39.5 Å². The van der Waals surface area contributed by atoms with Gasteiger partial charge in [0, 0.05) is 39.3 Å². The molecule has 0 aromatic carbocycles. The Morgan fingerprint density at radius 2 is 1.11 bits per heavy atom. The molecule has 116 valence electrons. The van der Waals surface area contributed by atoms with E-state index in [9.17, 15) is 9.59 Å². The summed E-state index contributed by atoms with van der Waals surface area (Å²) in [6, 6.07) is 0. The van der Waals surface area contributed by atoms with Gasteiger partial charge in [-0.1, -0.05) is 13.8 Å². The highest BCUT2D eigenvalue weighted by Gasteiger charge is 1.85. The van der Waals surface area contributed by atoms with E-state index in [1.165, 1.54) is 0 Å². The molecule has 0 heterocycles. The third-order valence-corrected chi connectivity index (χ3v) is 1.50. The first kappa shape index (κ1) is 23.0. The Labute approximate surface area is 113 Å². The number of ether oxygens (including phenoxy) is 1. The molecule has 0 atom stereocenters. The van der Waals surface area contributed by atoms with Gasteiger partial charge in [0.15, 0.2) is 0 Å². The maximum atomic E-state index is 9.37.